The zero-order chi connectivity index (χ0) is 22.0. The zero-order valence-electron chi connectivity index (χ0n) is 17.0. The van der Waals surface area contributed by atoms with Gasteiger partial charge in [-0.2, -0.15) is 0 Å². The Morgan fingerprint density at radius 3 is 2.39 bits per heavy atom. The Bertz CT molecular complexity index is 1030. The van der Waals surface area contributed by atoms with Crippen LogP contribution in [0.25, 0.3) is 0 Å². The van der Waals surface area contributed by atoms with E-state index in [0.29, 0.717) is 62.3 Å². The number of rotatable bonds is 4. The van der Waals surface area contributed by atoms with Crippen molar-refractivity contribution >= 4 is 28.9 Å². The summed E-state index contributed by atoms with van der Waals surface area (Å²) in [6.45, 7) is 4.38. The molecule has 10 heteroatoms. The van der Waals surface area contributed by atoms with Gasteiger partial charge >= 0.3 is 0 Å². The Labute approximate surface area is 178 Å². The Balaban J connectivity index is 1.51. The van der Waals surface area contributed by atoms with Crippen molar-refractivity contribution in [3.8, 4) is 11.5 Å². The molecule has 0 atom stereocenters. The van der Waals surface area contributed by atoms with Gasteiger partial charge in [-0.3, -0.25) is 19.7 Å². The first-order chi connectivity index (χ1) is 14.9. The van der Waals surface area contributed by atoms with E-state index in [1.165, 1.54) is 13.0 Å². The number of nitrogens with zero attached hydrogens (tertiary/aromatic N) is 3. The monoisotopic (exact) mass is 426 g/mol. The molecule has 1 fully saturated rings. The quantitative estimate of drug-likeness (QED) is 0.589. The van der Waals surface area contributed by atoms with E-state index in [1.54, 1.807) is 35.2 Å². The molecule has 4 rings (SSSR count). The molecule has 2 heterocycles. The first kappa shape index (κ1) is 20.5. The number of ether oxygens (including phenoxy) is 2. The Hall–Kier alpha value is -3.82. The standard InChI is InChI=1S/C21H22N4O6/c1-14(26)23-6-8-24(9-7-23)17-4-2-15(12-18(17)25(28)29)21(27)22-16-3-5-19-20(13-16)31-11-10-30-19/h2-5,12-13H,6-11H2,1H3,(H,22,27). The molecule has 1 saturated heterocycles. The average Bonchev–Trinajstić information content (AvgIpc) is 2.78. The highest BCUT2D eigenvalue weighted by atomic mass is 16.6. The van der Waals surface area contributed by atoms with Crippen LogP contribution >= 0.6 is 0 Å². The van der Waals surface area contributed by atoms with Crippen LogP contribution in [0.4, 0.5) is 17.1 Å². The average molecular weight is 426 g/mol. The van der Waals surface area contributed by atoms with Crippen LogP contribution < -0.4 is 19.7 Å². The maximum Gasteiger partial charge on any atom is 0.293 e. The highest BCUT2D eigenvalue weighted by Gasteiger charge is 2.26. The van der Waals surface area contributed by atoms with Gasteiger partial charge in [0.1, 0.15) is 18.9 Å². The summed E-state index contributed by atoms with van der Waals surface area (Å²) in [5.74, 6) is 0.664. The zero-order valence-corrected chi connectivity index (χ0v) is 17.0. The van der Waals surface area contributed by atoms with Gasteiger partial charge in [0.15, 0.2) is 11.5 Å². The maximum atomic E-state index is 12.7. The van der Waals surface area contributed by atoms with Crippen LogP contribution in [0.5, 0.6) is 11.5 Å². The molecule has 10 nitrogen and oxygen atoms in total. The van der Waals surface area contributed by atoms with Crippen molar-refractivity contribution in [1.29, 1.82) is 0 Å². The third-order valence-corrected chi connectivity index (χ3v) is 5.30. The molecule has 0 aliphatic carbocycles. The van der Waals surface area contributed by atoms with Crippen LogP contribution in [0.3, 0.4) is 0 Å². The normalized spacial score (nSPS) is 15.4. The molecule has 2 aliphatic rings. The van der Waals surface area contributed by atoms with E-state index in [9.17, 15) is 19.7 Å². The fourth-order valence-corrected chi connectivity index (χ4v) is 3.66. The number of piperazine rings is 1. The lowest BCUT2D eigenvalue weighted by atomic mass is 10.1. The van der Waals surface area contributed by atoms with E-state index >= 15 is 0 Å². The van der Waals surface area contributed by atoms with Gasteiger partial charge in [0.2, 0.25) is 5.91 Å². The molecule has 162 valence electrons. The molecular weight excluding hydrogens is 404 g/mol. The minimum atomic E-state index is -0.493. The van der Waals surface area contributed by atoms with Gasteiger partial charge in [-0.1, -0.05) is 0 Å². The third kappa shape index (κ3) is 4.37. The minimum absolute atomic E-state index is 0.0136. The maximum absolute atomic E-state index is 12.7. The number of amides is 2. The molecule has 0 unspecified atom stereocenters. The molecule has 2 amide bonds. The molecule has 31 heavy (non-hydrogen) atoms. The van der Waals surface area contributed by atoms with Crippen molar-refractivity contribution in [3.05, 3.63) is 52.1 Å². The lowest BCUT2D eigenvalue weighted by Crippen LogP contribution is -2.48. The van der Waals surface area contributed by atoms with Crippen LogP contribution in [0.2, 0.25) is 0 Å². The number of carbonyl (C=O) groups is 2. The largest absolute Gasteiger partial charge is 0.486 e. The second kappa shape index (κ2) is 8.50. The van der Waals surface area contributed by atoms with Gasteiger partial charge in [-0.25, -0.2) is 0 Å². The predicted molar refractivity (Wildman–Crippen MR) is 113 cm³/mol. The molecule has 2 aromatic carbocycles. The second-order valence-electron chi connectivity index (χ2n) is 7.27. The number of carbonyl (C=O) groups excluding carboxylic acids is 2. The lowest BCUT2D eigenvalue weighted by molar-refractivity contribution is -0.384. The van der Waals surface area contributed by atoms with Crippen molar-refractivity contribution in [3.63, 3.8) is 0 Å². The Kier molecular flexibility index (Phi) is 5.61. The van der Waals surface area contributed by atoms with Crippen LogP contribution in [0.1, 0.15) is 17.3 Å². The fourth-order valence-electron chi connectivity index (χ4n) is 3.66. The summed E-state index contributed by atoms with van der Waals surface area (Å²) >= 11 is 0. The van der Waals surface area contributed by atoms with Crippen molar-refractivity contribution in [2.24, 2.45) is 0 Å². The van der Waals surface area contributed by atoms with Gasteiger partial charge in [-0.15, -0.1) is 0 Å². The molecule has 0 saturated carbocycles. The van der Waals surface area contributed by atoms with E-state index in [4.69, 9.17) is 9.47 Å². The second-order valence-corrected chi connectivity index (χ2v) is 7.27. The van der Waals surface area contributed by atoms with Crippen LogP contribution in [-0.2, 0) is 4.79 Å². The number of hydrogen-bond acceptors (Lipinski definition) is 7. The van der Waals surface area contributed by atoms with E-state index in [-0.39, 0.29) is 17.2 Å². The molecule has 0 radical (unpaired) electrons. The summed E-state index contributed by atoms with van der Waals surface area (Å²) < 4.78 is 11.0. The summed E-state index contributed by atoms with van der Waals surface area (Å²) in [5, 5.41) is 14.4. The topological polar surface area (TPSA) is 114 Å². The highest BCUT2D eigenvalue weighted by molar-refractivity contribution is 6.05. The number of nitro benzene ring substituents is 1. The smallest absolute Gasteiger partial charge is 0.293 e. The Morgan fingerprint density at radius 1 is 1.00 bits per heavy atom. The third-order valence-electron chi connectivity index (χ3n) is 5.30. The predicted octanol–water partition coefficient (Wildman–Crippen LogP) is 2.29. The van der Waals surface area contributed by atoms with Gasteiger partial charge < -0.3 is 24.6 Å². The number of benzene rings is 2. The number of hydrogen-bond donors (Lipinski definition) is 1. The lowest BCUT2D eigenvalue weighted by Gasteiger charge is -2.35. The fraction of sp³-hybridized carbons (Fsp3) is 0.333. The highest BCUT2D eigenvalue weighted by Crippen LogP contribution is 2.33. The first-order valence-corrected chi connectivity index (χ1v) is 9.92. The van der Waals surface area contributed by atoms with Gasteiger partial charge in [0.05, 0.1) is 4.92 Å². The van der Waals surface area contributed by atoms with Gasteiger partial charge in [-0.05, 0) is 24.3 Å². The van der Waals surface area contributed by atoms with E-state index in [2.05, 4.69) is 5.32 Å². The van der Waals surface area contributed by atoms with Crippen LogP contribution in [0, 0.1) is 10.1 Å². The van der Waals surface area contributed by atoms with Crippen molar-refractivity contribution in [2.45, 2.75) is 6.92 Å². The molecular formula is C21H22N4O6. The SMILES string of the molecule is CC(=O)N1CCN(c2ccc(C(=O)Nc3ccc4c(c3)OCCO4)cc2[N+](=O)[O-])CC1. The molecule has 0 bridgehead atoms. The first-order valence-electron chi connectivity index (χ1n) is 9.92. The van der Waals surface area contributed by atoms with E-state index in [0.717, 1.165) is 0 Å². The van der Waals surface area contributed by atoms with Crippen LogP contribution in [0.15, 0.2) is 36.4 Å². The van der Waals surface area contributed by atoms with Gasteiger partial charge in [0.25, 0.3) is 11.6 Å². The van der Waals surface area contributed by atoms with Crippen molar-refractivity contribution in [2.75, 3.05) is 49.6 Å². The minimum Gasteiger partial charge on any atom is -0.486 e. The van der Waals surface area contributed by atoms with Crippen LogP contribution in [-0.4, -0.2) is 61.0 Å². The van der Waals surface area contributed by atoms with Crippen molar-refractivity contribution < 1.29 is 24.0 Å². The summed E-state index contributed by atoms with van der Waals surface area (Å²) in [6, 6.07) is 9.47. The molecule has 0 spiro atoms. The number of nitro groups is 1. The number of fused-ring (bicyclic) bond motifs is 1. The van der Waals surface area contributed by atoms with E-state index < -0.39 is 10.8 Å². The molecule has 2 aliphatic heterocycles. The molecule has 0 aromatic heterocycles. The number of nitrogens with one attached hydrogen (secondary N) is 1. The number of anilines is 2. The van der Waals surface area contributed by atoms with Gasteiger partial charge in [0, 0.05) is 56.5 Å². The summed E-state index contributed by atoms with van der Waals surface area (Å²) in [4.78, 5) is 39.0. The van der Waals surface area contributed by atoms with E-state index in [1.807, 2.05) is 4.90 Å². The molecule has 2 aromatic rings. The summed E-state index contributed by atoms with van der Waals surface area (Å²) in [6.07, 6.45) is 0. The molecule has 1 N–H and O–H groups in total. The summed E-state index contributed by atoms with van der Waals surface area (Å²) in [5.41, 5.74) is 0.962. The van der Waals surface area contributed by atoms with Crippen molar-refractivity contribution in [1.82, 2.24) is 4.90 Å². The Morgan fingerprint density at radius 2 is 1.71 bits per heavy atom. The summed E-state index contributed by atoms with van der Waals surface area (Å²) in [7, 11) is 0.